The van der Waals surface area contributed by atoms with Crippen molar-refractivity contribution in [1.82, 2.24) is 0 Å². The molecule has 0 aromatic heterocycles. The molecule has 0 unspecified atom stereocenters. The van der Waals surface area contributed by atoms with Crippen molar-refractivity contribution < 1.29 is 9.47 Å². The summed E-state index contributed by atoms with van der Waals surface area (Å²) in [5.41, 5.74) is 1.57. The maximum absolute atomic E-state index is 6.06. The van der Waals surface area contributed by atoms with Crippen LogP contribution in [-0.2, 0) is 0 Å². The normalized spacial score (nSPS) is 10.3. The summed E-state index contributed by atoms with van der Waals surface area (Å²) in [5, 5.41) is 0. The van der Waals surface area contributed by atoms with Crippen LogP contribution in [0.5, 0.6) is 23.0 Å². The number of hydrogen-bond donors (Lipinski definition) is 0. The third kappa shape index (κ3) is 3.60. The molecular formula is C24H14O2. The van der Waals surface area contributed by atoms with Crippen LogP contribution in [0.1, 0.15) is 0 Å². The first-order chi connectivity index (χ1) is 12.9. The fourth-order valence-corrected chi connectivity index (χ4v) is 2.55. The highest BCUT2D eigenvalue weighted by atomic mass is 16.5. The summed E-state index contributed by atoms with van der Waals surface area (Å²) in [7, 11) is 0. The van der Waals surface area contributed by atoms with Crippen molar-refractivity contribution in [2.24, 2.45) is 0 Å². The minimum absolute atomic E-state index is 0.527. The molecule has 4 aromatic rings. The van der Waals surface area contributed by atoms with Gasteiger partial charge < -0.3 is 9.47 Å². The van der Waals surface area contributed by atoms with Crippen molar-refractivity contribution in [2.45, 2.75) is 0 Å². The van der Waals surface area contributed by atoms with Gasteiger partial charge in [-0.2, -0.15) is 0 Å². The standard InChI is InChI=1S/C24H14O2/c1-3-11-19(12-4-1)25-23-17-9-7-15-21(23)22-16-8-10-18-24(22)26-20-13-5-2-6-14-20/h1-7,9,11-15,17H. The van der Waals surface area contributed by atoms with Gasteiger partial charge in [-0.3, -0.25) is 0 Å². The van der Waals surface area contributed by atoms with Crippen LogP contribution < -0.4 is 9.47 Å². The number of benzene rings is 4. The molecule has 2 nitrogen and oxygen atoms in total. The van der Waals surface area contributed by atoms with Gasteiger partial charge in [-0.05, 0) is 30.3 Å². The Morgan fingerprint density at radius 3 is 1.85 bits per heavy atom. The van der Waals surface area contributed by atoms with E-state index < -0.39 is 0 Å². The zero-order chi connectivity index (χ0) is 17.6. The molecule has 0 atom stereocenters. The SMILES string of the molecule is [c]1[c][c]c(-c2ccccc2Oc2ccccc2)c(Oc2ccccc2)[c]1. The summed E-state index contributed by atoms with van der Waals surface area (Å²) >= 11 is 0. The van der Waals surface area contributed by atoms with E-state index in [-0.39, 0.29) is 0 Å². The molecule has 4 aromatic carbocycles. The predicted octanol–water partition coefficient (Wildman–Crippen LogP) is 6.14. The zero-order valence-corrected chi connectivity index (χ0v) is 13.9. The summed E-state index contributed by atoms with van der Waals surface area (Å²) in [6.45, 7) is 0. The molecule has 0 fully saturated rings. The Kier molecular flexibility index (Phi) is 4.66. The highest BCUT2D eigenvalue weighted by molar-refractivity contribution is 5.75. The van der Waals surface area contributed by atoms with E-state index in [1.54, 1.807) is 0 Å². The fourth-order valence-electron chi connectivity index (χ4n) is 2.55. The van der Waals surface area contributed by atoms with Gasteiger partial charge in [-0.25, -0.2) is 0 Å². The third-order valence-electron chi connectivity index (χ3n) is 3.74. The van der Waals surface area contributed by atoms with Crippen LogP contribution in [-0.4, -0.2) is 0 Å². The van der Waals surface area contributed by atoms with Gasteiger partial charge in [0.25, 0.3) is 0 Å². The molecule has 0 aliphatic carbocycles. The topological polar surface area (TPSA) is 18.5 Å². The van der Waals surface area contributed by atoms with Crippen molar-refractivity contribution in [2.75, 3.05) is 0 Å². The zero-order valence-electron chi connectivity index (χ0n) is 13.9. The van der Waals surface area contributed by atoms with E-state index in [4.69, 9.17) is 9.47 Å². The van der Waals surface area contributed by atoms with Gasteiger partial charge in [0.1, 0.15) is 23.0 Å². The molecule has 0 spiro atoms. The average molecular weight is 334 g/mol. The molecule has 122 valence electrons. The van der Waals surface area contributed by atoms with Crippen molar-refractivity contribution >= 4 is 0 Å². The van der Waals surface area contributed by atoms with Gasteiger partial charge in [0.2, 0.25) is 0 Å². The second-order valence-electron chi connectivity index (χ2n) is 5.53. The fraction of sp³-hybridized carbons (Fsp3) is 0. The van der Waals surface area contributed by atoms with Crippen LogP contribution in [0.4, 0.5) is 0 Å². The summed E-state index contributed by atoms with van der Waals surface area (Å²) in [6, 6.07) is 38.7. The van der Waals surface area contributed by atoms with E-state index in [0.717, 1.165) is 22.6 Å². The molecule has 0 aliphatic heterocycles. The first kappa shape index (κ1) is 16.0. The quantitative estimate of drug-likeness (QED) is 0.436. The Morgan fingerprint density at radius 2 is 1.12 bits per heavy atom. The van der Waals surface area contributed by atoms with Crippen LogP contribution >= 0.6 is 0 Å². The molecule has 0 heterocycles. The van der Waals surface area contributed by atoms with Crippen molar-refractivity contribution in [3.8, 4) is 34.1 Å². The van der Waals surface area contributed by atoms with Gasteiger partial charge in [0.15, 0.2) is 0 Å². The second-order valence-corrected chi connectivity index (χ2v) is 5.53. The molecule has 0 amide bonds. The highest BCUT2D eigenvalue weighted by Gasteiger charge is 2.13. The Morgan fingerprint density at radius 1 is 0.538 bits per heavy atom. The van der Waals surface area contributed by atoms with Gasteiger partial charge in [-0.15, -0.1) is 0 Å². The first-order valence-electron chi connectivity index (χ1n) is 8.22. The van der Waals surface area contributed by atoms with E-state index in [2.05, 4.69) is 24.3 Å². The highest BCUT2D eigenvalue weighted by Crippen LogP contribution is 2.38. The lowest BCUT2D eigenvalue weighted by Crippen LogP contribution is -1.92. The third-order valence-corrected chi connectivity index (χ3v) is 3.74. The molecule has 26 heavy (non-hydrogen) atoms. The summed E-state index contributed by atoms with van der Waals surface area (Å²) in [4.78, 5) is 0. The van der Waals surface area contributed by atoms with Gasteiger partial charge in [0, 0.05) is 35.4 Å². The van der Waals surface area contributed by atoms with E-state index >= 15 is 0 Å². The van der Waals surface area contributed by atoms with Crippen LogP contribution in [0.25, 0.3) is 11.1 Å². The smallest absolute Gasteiger partial charge is 0.144 e. The van der Waals surface area contributed by atoms with Gasteiger partial charge in [-0.1, -0.05) is 54.6 Å². The minimum Gasteiger partial charge on any atom is -0.457 e. The second kappa shape index (κ2) is 7.58. The number of rotatable bonds is 5. The van der Waals surface area contributed by atoms with E-state index in [0.29, 0.717) is 11.5 Å². The van der Waals surface area contributed by atoms with E-state index in [1.165, 1.54) is 0 Å². The molecule has 4 radical (unpaired) electrons. The molecule has 0 N–H and O–H groups in total. The number of hydrogen-bond acceptors (Lipinski definition) is 2. The number of para-hydroxylation sites is 3. The van der Waals surface area contributed by atoms with Crippen LogP contribution in [0.15, 0.2) is 84.9 Å². The lowest BCUT2D eigenvalue weighted by Gasteiger charge is -2.14. The minimum atomic E-state index is 0.527. The van der Waals surface area contributed by atoms with E-state index in [1.807, 2.05) is 84.9 Å². The number of ether oxygens (including phenoxy) is 2. The maximum atomic E-state index is 6.06. The van der Waals surface area contributed by atoms with Crippen molar-refractivity contribution in [3.05, 3.63) is 109 Å². The maximum Gasteiger partial charge on any atom is 0.144 e. The summed E-state index contributed by atoms with van der Waals surface area (Å²) in [5.74, 6) is 2.72. The van der Waals surface area contributed by atoms with Crippen LogP contribution in [0.3, 0.4) is 0 Å². The molecule has 0 saturated carbocycles. The molecule has 0 aliphatic rings. The molecular weight excluding hydrogens is 320 g/mol. The largest absolute Gasteiger partial charge is 0.457 e. The molecule has 0 bridgehead atoms. The van der Waals surface area contributed by atoms with Gasteiger partial charge >= 0.3 is 0 Å². The Labute approximate surface area is 153 Å². The van der Waals surface area contributed by atoms with Crippen LogP contribution in [0, 0.1) is 24.3 Å². The predicted molar refractivity (Wildman–Crippen MR) is 100 cm³/mol. The monoisotopic (exact) mass is 334 g/mol. The summed E-state index contributed by atoms with van der Waals surface area (Å²) in [6.07, 6.45) is 0. The Bertz CT molecular complexity index is 896. The Hall–Kier alpha value is -3.52. The lowest BCUT2D eigenvalue weighted by molar-refractivity contribution is 0.476. The lowest BCUT2D eigenvalue weighted by atomic mass is 10.0. The van der Waals surface area contributed by atoms with Crippen molar-refractivity contribution in [1.29, 1.82) is 0 Å². The summed E-state index contributed by atoms with van der Waals surface area (Å²) < 4.78 is 12.0. The van der Waals surface area contributed by atoms with E-state index in [9.17, 15) is 0 Å². The average Bonchev–Trinajstić information content (AvgIpc) is 2.71. The molecule has 4 rings (SSSR count). The van der Waals surface area contributed by atoms with Crippen LogP contribution in [0.2, 0.25) is 0 Å². The van der Waals surface area contributed by atoms with Crippen molar-refractivity contribution in [3.63, 3.8) is 0 Å². The first-order valence-corrected chi connectivity index (χ1v) is 8.22. The Balaban J connectivity index is 1.72. The molecule has 2 heteroatoms. The molecule has 0 saturated heterocycles. The van der Waals surface area contributed by atoms with Gasteiger partial charge in [0.05, 0.1) is 0 Å².